The van der Waals surface area contributed by atoms with E-state index in [1.165, 1.54) is 30.5 Å². The van der Waals surface area contributed by atoms with E-state index in [0.717, 1.165) is 19.4 Å². The number of carbonyl (C=O) groups is 1. The summed E-state index contributed by atoms with van der Waals surface area (Å²) in [6, 6.07) is 5.43. The Balaban J connectivity index is 1.35. The quantitative estimate of drug-likeness (QED) is 0.123. The summed E-state index contributed by atoms with van der Waals surface area (Å²) in [5, 5.41) is 11.7. The summed E-state index contributed by atoms with van der Waals surface area (Å²) in [5.41, 5.74) is -0.403. The zero-order chi connectivity index (χ0) is 33.6. The van der Waals surface area contributed by atoms with E-state index in [1.54, 1.807) is 4.90 Å². The van der Waals surface area contributed by atoms with Crippen LogP contribution >= 0.6 is 0 Å². The van der Waals surface area contributed by atoms with Gasteiger partial charge in [0.1, 0.15) is 47.5 Å². The first-order chi connectivity index (χ1) is 23.2. The summed E-state index contributed by atoms with van der Waals surface area (Å²) in [6.07, 6.45) is 2.21. The molecule has 0 aliphatic carbocycles. The first-order valence-corrected chi connectivity index (χ1v) is 16.4. The standard InChI is InChI=1S/C35H37F4N5O4/c1-20-10-22(36)16-43(15-20)33-27-14-40-31(26-12-24(46)11-21-5-6-28(38)25(29(21)26)4-2-9-47-19-45)30(39)32(27)41-34(42-33)48-18-35-7-3-8-44(35)17-23(37)13-35/h5-6,11-12,14,19-20,22-23,46H,2-4,7-10,13,15-18H2,1H3/t20?,22-,23+,35-/m0/s1. The zero-order valence-corrected chi connectivity index (χ0v) is 26.6. The van der Waals surface area contributed by atoms with Gasteiger partial charge in [-0.15, -0.1) is 0 Å². The lowest BCUT2D eigenvalue weighted by atomic mass is 9.93. The monoisotopic (exact) mass is 667 g/mol. The number of rotatable bonds is 10. The van der Waals surface area contributed by atoms with Gasteiger partial charge in [-0.3, -0.25) is 14.7 Å². The van der Waals surface area contributed by atoms with Crippen molar-refractivity contribution in [3.63, 3.8) is 0 Å². The smallest absolute Gasteiger partial charge is 0.319 e. The van der Waals surface area contributed by atoms with Crippen LogP contribution in [0.5, 0.6) is 11.8 Å². The number of aromatic hydroxyl groups is 1. The first kappa shape index (κ1) is 32.3. The van der Waals surface area contributed by atoms with Gasteiger partial charge < -0.3 is 19.5 Å². The largest absolute Gasteiger partial charge is 0.508 e. The highest BCUT2D eigenvalue weighted by Gasteiger charge is 2.49. The number of carbonyl (C=O) groups excluding carboxylic acids is 1. The Labute approximate surface area is 274 Å². The molecule has 9 nitrogen and oxygen atoms in total. The van der Waals surface area contributed by atoms with Crippen molar-refractivity contribution in [3.8, 4) is 23.0 Å². The van der Waals surface area contributed by atoms with Crippen LogP contribution in [0.25, 0.3) is 32.9 Å². The van der Waals surface area contributed by atoms with Crippen molar-refractivity contribution in [2.45, 2.75) is 63.3 Å². The summed E-state index contributed by atoms with van der Waals surface area (Å²) in [5.74, 6) is -1.27. The molecule has 7 rings (SSSR count). The maximum absolute atomic E-state index is 16.9. The van der Waals surface area contributed by atoms with E-state index in [1.807, 2.05) is 6.92 Å². The molecule has 4 atom stereocenters. The lowest BCUT2D eigenvalue weighted by Gasteiger charge is -2.34. The number of pyridine rings is 1. The van der Waals surface area contributed by atoms with Crippen molar-refractivity contribution in [2.24, 2.45) is 5.92 Å². The first-order valence-electron chi connectivity index (χ1n) is 16.4. The Morgan fingerprint density at radius 3 is 2.79 bits per heavy atom. The molecule has 3 aliphatic heterocycles. The highest BCUT2D eigenvalue weighted by molar-refractivity contribution is 6.01. The molecule has 3 saturated heterocycles. The summed E-state index contributed by atoms with van der Waals surface area (Å²) < 4.78 is 72.4. The predicted octanol–water partition coefficient (Wildman–Crippen LogP) is 6.07. The van der Waals surface area contributed by atoms with Crippen LogP contribution in [-0.2, 0) is 16.0 Å². The molecule has 5 heterocycles. The molecule has 0 bridgehead atoms. The van der Waals surface area contributed by atoms with Crippen molar-refractivity contribution in [1.82, 2.24) is 19.9 Å². The number of fused-ring (bicyclic) bond motifs is 3. The number of phenolic OH excluding ortho intramolecular Hbond substituents is 1. The average molecular weight is 668 g/mol. The Morgan fingerprint density at radius 2 is 1.98 bits per heavy atom. The third kappa shape index (κ3) is 5.97. The highest BCUT2D eigenvalue weighted by Crippen LogP contribution is 2.42. The van der Waals surface area contributed by atoms with Gasteiger partial charge in [0.15, 0.2) is 5.82 Å². The molecule has 254 valence electrons. The second-order valence-electron chi connectivity index (χ2n) is 13.4. The van der Waals surface area contributed by atoms with Crippen LogP contribution in [0.15, 0.2) is 30.5 Å². The summed E-state index contributed by atoms with van der Waals surface area (Å²) in [7, 11) is 0. The van der Waals surface area contributed by atoms with Crippen LogP contribution in [-0.4, -0.2) is 88.7 Å². The fourth-order valence-corrected chi connectivity index (χ4v) is 7.92. The van der Waals surface area contributed by atoms with E-state index in [4.69, 9.17) is 9.47 Å². The molecule has 0 amide bonds. The Hall–Kier alpha value is -4.26. The summed E-state index contributed by atoms with van der Waals surface area (Å²) >= 11 is 0. The molecule has 3 fully saturated rings. The number of anilines is 1. The van der Waals surface area contributed by atoms with E-state index in [2.05, 4.69) is 19.9 Å². The third-order valence-electron chi connectivity index (χ3n) is 9.95. The van der Waals surface area contributed by atoms with Crippen LogP contribution in [0.4, 0.5) is 23.4 Å². The third-order valence-corrected chi connectivity index (χ3v) is 9.95. The van der Waals surface area contributed by atoms with Crippen molar-refractivity contribution >= 4 is 34.0 Å². The van der Waals surface area contributed by atoms with E-state index in [-0.39, 0.29) is 77.4 Å². The van der Waals surface area contributed by atoms with Crippen LogP contribution in [0, 0.1) is 17.6 Å². The number of hydrogen-bond acceptors (Lipinski definition) is 9. The van der Waals surface area contributed by atoms with Crippen molar-refractivity contribution in [2.75, 3.05) is 44.3 Å². The molecule has 4 aromatic rings. The molecular formula is C35H37F4N5O4. The average Bonchev–Trinajstić information content (AvgIpc) is 3.58. The lowest BCUT2D eigenvalue weighted by Crippen LogP contribution is -2.43. The minimum absolute atomic E-state index is 0.00929. The van der Waals surface area contributed by atoms with Crippen molar-refractivity contribution < 1.29 is 36.9 Å². The molecule has 48 heavy (non-hydrogen) atoms. The molecule has 0 radical (unpaired) electrons. The van der Waals surface area contributed by atoms with Gasteiger partial charge >= 0.3 is 6.01 Å². The van der Waals surface area contributed by atoms with Gasteiger partial charge in [0, 0.05) is 31.3 Å². The predicted molar refractivity (Wildman–Crippen MR) is 172 cm³/mol. The number of benzene rings is 2. The molecule has 2 aromatic carbocycles. The number of phenols is 1. The number of halogens is 4. The van der Waals surface area contributed by atoms with E-state index < -0.39 is 29.5 Å². The zero-order valence-electron chi connectivity index (χ0n) is 26.6. The van der Waals surface area contributed by atoms with Crippen LogP contribution in [0.3, 0.4) is 0 Å². The van der Waals surface area contributed by atoms with Crippen LogP contribution in [0.1, 0.15) is 44.6 Å². The topological polar surface area (TPSA) is 101 Å². The van der Waals surface area contributed by atoms with Gasteiger partial charge in [-0.05, 0) is 79.1 Å². The maximum Gasteiger partial charge on any atom is 0.319 e. The molecule has 1 unspecified atom stereocenters. The molecule has 13 heteroatoms. The number of aromatic nitrogens is 3. The van der Waals surface area contributed by atoms with Crippen molar-refractivity contribution in [3.05, 3.63) is 47.7 Å². The molecule has 1 N–H and O–H groups in total. The summed E-state index contributed by atoms with van der Waals surface area (Å²) in [4.78, 5) is 28.1. The number of hydrogen-bond donors (Lipinski definition) is 1. The normalized spacial score (nSPS) is 24.4. The Morgan fingerprint density at radius 1 is 1.12 bits per heavy atom. The van der Waals surface area contributed by atoms with Crippen LogP contribution in [0.2, 0.25) is 0 Å². The maximum atomic E-state index is 16.9. The minimum Gasteiger partial charge on any atom is -0.508 e. The molecule has 2 aromatic heterocycles. The Kier molecular flexibility index (Phi) is 8.73. The molecule has 0 saturated carbocycles. The fourth-order valence-electron chi connectivity index (χ4n) is 7.92. The number of piperidine rings is 1. The molecule has 0 spiro atoms. The number of aryl methyl sites for hydroxylation is 1. The second-order valence-corrected chi connectivity index (χ2v) is 13.4. The SMILES string of the molecule is CC1C[C@H](F)CN(c2nc(OC[C@@]34CCCN3C[C@H](F)C4)nc3c(F)c(-c4cc(O)cc5ccc(F)c(CCCOC=O)c45)ncc23)C1. The van der Waals surface area contributed by atoms with E-state index in [0.29, 0.717) is 49.6 Å². The van der Waals surface area contributed by atoms with Gasteiger partial charge in [0.2, 0.25) is 0 Å². The number of alkyl halides is 2. The van der Waals surface area contributed by atoms with Gasteiger partial charge in [-0.1, -0.05) is 13.0 Å². The number of nitrogens with zero attached hydrogens (tertiary/aromatic N) is 5. The number of ether oxygens (including phenoxy) is 2. The van der Waals surface area contributed by atoms with Gasteiger partial charge in [0.25, 0.3) is 6.47 Å². The summed E-state index contributed by atoms with van der Waals surface area (Å²) in [6.45, 7) is 4.07. The van der Waals surface area contributed by atoms with Gasteiger partial charge in [-0.25, -0.2) is 17.6 Å². The molecule has 3 aliphatic rings. The van der Waals surface area contributed by atoms with Gasteiger partial charge in [-0.2, -0.15) is 9.97 Å². The fraction of sp³-hybridized carbons (Fsp3) is 0.486. The Bertz CT molecular complexity index is 1850. The second kappa shape index (κ2) is 13.0. The van der Waals surface area contributed by atoms with Crippen molar-refractivity contribution in [1.29, 1.82) is 0 Å². The lowest BCUT2D eigenvalue weighted by molar-refractivity contribution is -0.128. The molecular weight excluding hydrogens is 630 g/mol. The minimum atomic E-state index is -1.12. The van der Waals surface area contributed by atoms with E-state index >= 15 is 8.78 Å². The van der Waals surface area contributed by atoms with E-state index in [9.17, 15) is 18.7 Å². The van der Waals surface area contributed by atoms with Crippen LogP contribution < -0.4 is 9.64 Å². The van der Waals surface area contributed by atoms with Gasteiger partial charge in [0.05, 0.1) is 24.1 Å². The highest BCUT2D eigenvalue weighted by atomic mass is 19.1.